The molecular formula is C21H22N2O3S. The summed E-state index contributed by atoms with van der Waals surface area (Å²) >= 11 is 1.58. The predicted molar refractivity (Wildman–Crippen MR) is 107 cm³/mol. The minimum atomic E-state index is -0.655. The fraction of sp³-hybridized carbons (Fsp3) is 0.333. The third kappa shape index (κ3) is 3.90. The molecule has 0 spiro atoms. The van der Waals surface area contributed by atoms with Gasteiger partial charge >= 0.3 is 0 Å². The molecule has 2 aromatic rings. The summed E-state index contributed by atoms with van der Waals surface area (Å²) in [6, 6.07) is 11.3. The number of hydrogen-bond acceptors (Lipinski definition) is 4. The molecule has 1 fully saturated rings. The van der Waals surface area contributed by atoms with Crippen LogP contribution in [-0.2, 0) is 9.59 Å². The zero-order valence-corrected chi connectivity index (χ0v) is 15.9. The minimum Gasteiger partial charge on any atom is -0.476 e. The number of benzene rings is 1. The number of amides is 2. The second kappa shape index (κ2) is 7.96. The maximum absolute atomic E-state index is 12.9. The smallest absolute Gasteiger partial charge is 0.265 e. The number of para-hydroxylation sites is 2. The third-order valence-corrected chi connectivity index (χ3v) is 5.75. The zero-order valence-electron chi connectivity index (χ0n) is 15.0. The van der Waals surface area contributed by atoms with E-state index in [1.807, 2.05) is 52.8 Å². The van der Waals surface area contributed by atoms with Crippen LogP contribution in [0.15, 0.2) is 47.9 Å². The summed E-state index contributed by atoms with van der Waals surface area (Å²) in [6.45, 7) is 1.78. The van der Waals surface area contributed by atoms with Gasteiger partial charge in [0.15, 0.2) is 6.10 Å². The number of piperidine rings is 1. The van der Waals surface area contributed by atoms with E-state index in [-0.39, 0.29) is 18.4 Å². The lowest BCUT2D eigenvalue weighted by atomic mass is 10.1. The number of hydrogen-bond donors (Lipinski definition) is 0. The van der Waals surface area contributed by atoms with Crippen molar-refractivity contribution >= 4 is 34.9 Å². The number of nitrogens with zero attached hydrogens (tertiary/aromatic N) is 2. The Balaban J connectivity index is 1.56. The van der Waals surface area contributed by atoms with Crippen molar-refractivity contribution in [2.75, 3.05) is 24.5 Å². The molecule has 2 aliphatic heterocycles. The first-order chi connectivity index (χ1) is 13.2. The molecule has 6 heteroatoms. The minimum absolute atomic E-state index is 0.0239. The van der Waals surface area contributed by atoms with E-state index in [0.29, 0.717) is 11.4 Å². The molecular weight excluding hydrogens is 360 g/mol. The summed E-state index contributed by atoms with van der Waals surface area (Å²) in [5, 5.41) is 1.97. The average Bonchev–Trinajstić information content (AvgIpc) is 3.25. The quantitative estimate of drug-likeness (QED) is 0.763. The second-order valence-electron chi connectivity index (χ2n) is 6.76. The van der Waals surface area contributed by atoms with Crippen molar-refractivity contribution < 1.29 is 14.3 Å². The summed E-state index contributed by atoms with van der Waals surface area (Å²) in [4.78, 5) is 30.3. The van der Waals surface area contributed by atoms with E-state index in [1.54, 1.807) is 22.3 Å². The molecule has 1 aromatic carbocycles. The highest BCUT2D eigenvalue weighted by molar-refractivity contribution is 7.10. The SMILES string of the molecule is O=C([C@@H]1CN(C(=O)/C=C/c2cccs2)c2ccccc2O1)N1CCCCC1. The molecule has 0 radical (unpaired) electrons. The Kier molecular flexibility index (Phi) is 5.25. The largest absolute Gasteiger partial charge is 0.476 e. The molecule has 140 valence electrons. The van der Waals surface area contributed by atoms with Crippen molar-refractivity contribution in [3.05, 3.63) is 52.7 Å². The van der Waals surface area contributed by atoms with E-state index in [4.69, 9.17) is 4.74 Å². The molecule has 1 saturated heterocycles. The second-order valence-corrected chi connectivity index (χ2v) is 7.74. The highest BCUT2D eigenvalue weighted by atomic mass is 32.1. The summed E-state index contributed by atoms with van der Waals surface area (Å²) in [6.07, 6.45) is 5.94. The Hall–Kier alpha value is -2.60. The molecule has 2 aliphatic rings. The van der Waals surface area contributed by atoms with Gasteiger partial charge in [-0.15, -0.1) is 11.3 Å². The number of ether oxygens (including phenoxy) is 1. The Morgan fingerprint density at radius 1 is 1.07 bits per heavy atom. The molecule has 0 bridgehead atoms. The lowest BCUT2D eigenvalue weighted by Gasteiger charge is -2.37. The number of likely N-dealkylation sites (tertiary alicyclic amines) is 1. The highest BCUT2D eigenvalue weighted by Gasteiger charge is 2.35. The van der Waals surface area contributed by atoms with E-state index in [9.17, 15) is 9.59 Å². The van der Waals surface area contributed by atoms with Gasteiger partial charge in [-0.1, -0.05) is 18.2 Å². The Morgan fingerprint density at radius 2 is 1.89 bits per heavy atom. The molecule has 3 heterocycles. The van der Waals surface area contributed by atoms with Gasteiger partial charge in [0.2, 0.25) is 0 Å². The number of carbonyl (C=O) groups is 2. The maximum Gasteiger partial charge on any atom is 0.265 e. The summed E-state index contributed by atoms with van der Waals surface area (Å²) < 4.78 is 5.97. The van der Waals surface area contributed by atoms with Crippen LogP contribution in [-0.4, -0.2) is 42.5 Å². The summed E-state index contributed by atoms with van der Waals surface area (Å²) in [5.74, 6) is 0.414. The first kappa shape index (κ1) is 17.8. The first-order valence-electron chi connectivity index (χ1n) is 9.30. The van der Waals surface area contributed by atoms with Crippen molar-refractivity contribution in [3.63, 3.8) is 0 Å². The van der Waals surface area contributed by atoms with Crippen molar-refractivity contribution in [1.29, 1.82) is 0 Å². The van der Waals surface area contributed by atoms with E-state index >= 15 is 0 Å². The van der Waals surface area contributed by atoms with Gasteiger partial charge in [-0.2, -0.15) is 0 Å². The van der Waals surface area contributed by atoms with Crippen LogP contribution in [0.2, 0.25) is 0 Å². The number of rotatable bonds is 3. The van der Waals surface area contributed by atoms with E-state index in [2.05, 4.69) is 0 Å². The van der Waals surface area contributed by atoms with Gasteiger partial charge < -0.3 is 14.5 Å². The Labute approximate surface area is 162 Å². The topological polar surface area (TPSA) is 49.9 Å². The van der Waals surface area contributed by atoms with Crippen LogP contribution in [0.25, 0.3) is 6.08 Å². The molecule has 1 aromatic heterocycles. The van der Waals surface area contributed by atoms with Gasteiger partial charge in [0.05, 0.1) is 12.2 Å². The van der Waals surface area contributed by atoms with E-state index in [0.717, 1.165) is 37.2 Å². The number of carbonyl (C=O) groups excluding carboxylic acids is 2. The number of anilines is 1. The highest BCUT2D eigenvalue weighted by Crippen LogP contribution is 2.34. The molecule has 0 saturated carbocycles. The van der Waals surface area contributed by atoms with Crippen LogP contribution >= 0.6 is 11.3 Å². The van der Waals surface area contributed by atoms with Crippen LogP contribution in [0.1, 0.15) is 24.1 Å². The molecule has 4 rings (SSSR count). The fourth-order valence-electron chi connectivity index (χ4n) is 3.52. The van der Waals surface area contributed by atoms with E-state index < -0.39 is 6.10 Å². The standard InChI is InChI=1S/C21H22N2O3S/c24-20(11-10-16-7-6-14-27-16)23-15-19(21(25)22-12-4-1-5-13-22)26-18-9-3-2-8-17(18)23/h2-3,6-11,14,19H,1,4-5,12-13,15H2/b11-10+/t19-/m0/s1. The van der Waals surface area contributed by atoms with Crippen molar-refractivity contribution in [1.82, 2.24) is 4.90 Å². The Morgan fingerprint density at radius 3 is 2.67 bits per heavy atom. The van der Waals surface area contributed by atoms with Crippen LogP contribution in [0.4, 0.5) is 5.69 Å². The lowest BCUT2D eigenvalue weighted by molar-refractivity contribution is -0.139. The van der Waals surface area contributed by atoms with Gasteiger partial charge in [0.25, 0.3) is 11.8 Å². The molecule has 27 heavy (non-hydrogen) atoms. The molecule has 5 nitrogen and oxygen atoms in total. The van der Waals surface area contributed by atoms with Crippen molar-refractivity contribution in [2.45, 2.75) is 25.4 Å². The van der Waals surface area contributed by atoms with Gasteiger partial charge in [-0.25, -0.2) is 0 Å². The fourth-order valence-corrected chi connectivity index (χ4v) is 4.14. The number of thiophene rings is 1. The van der Waals surface area contributed by atoms with Crippen LogP contribution in [0.5, 0.6) is 5.75 Å². The third-order valence-electron chi connectivity index (χ3n) is 4.92. The average molecular weight is 382 g/mol. The van der Waals surface area contributed by atoms with Gasteiger partial charge in [0, 0.05) is 24.0 Å². The molecule has 0 unspecified atom stereocenters. The van der Waals surface area contributed by atoms with Gasteiger partial charge in [-0.05, 0) is 48.9 Å². The maximum atomic E-state index is 12.9. The molecule has 1 atom stereocenters. The zero-order chi connectivity index (χ0) is 18.6. The lowest BCUT2D eigenvalue weighted by Crippen LogP contribution is -2.52. The van der Waals surface area contributed by atoms with Gasteiger partial charge in [0.1, 0.15) is 5.75 Å². The van der Waals surface area contributed by atoms with Crippen LogP contribution in [0.3, 0.4) is 0 Å². The predicted octanol–water partition coefficient (Wildman–Crippen LogP) is 3.57. The molecule has 0 aliphatic carbocycles. The summed E-state index contributed by atoms with van der Waals surface area (Å²) in [7, 11) is 0. The normalized spacial score (nSPS) is 19.6. The summed E-state index contributed by atoms with van der Waals surface area (Å²) in [5.41, 5.74) is 0.709. The monoisotopic (exact) mass is 382 g/mol. The molecule has 2 amide bonds. The van der Waals surface area contributed by atoms with Crippen LogP contribution < -0.4 is 9.64 Å². The van der Waals surface area contributed by atoms with Crippen molar-refractivity contribution in [3.8, 4) is 5.75 Å². The van der Waals surface area contributed by atoms with Gasteiger partial charge in [-0.3, -0.25) is 9.59 Å². The van der Waals surface area contributed by atoms with E-state index in [1.165, 1.54) is 0 Å². The molecule has 0 N–H and O–H groups in total. The Bertz CT molecular complexity index is 841. The number of fused-ring (bicyclic) bond motifs is 1. The first-order valence-corrected chi connectivity index (χ1v) is 10.2. The van der Waals surface area contributed by atoms with Crippen molar-refractivity contribution in [2.24, 2.45) is 0 Å². The van der Waals surface area contributed by atoms with Crippen LogP contribution in [0, 0.1) is 0 Å².